The molecule has 0 bridgehead atoms. The Labute approximate surface area is 124 Å². The highest BCUT2D eigenvalue weighted by molar-refractivity contribution is 7.99. The summed E-state index contributed by atoms with van der Waals surface area (Å²) in [6, 6.07) is 15.3. The van der Waals surface area contributed by atoms with Gasteiger partial charge in [0.1, 0.15) is 5.82 Å². The smallest absolute Gasteiger partial charge is 0.128 e. The van der Waals surface area contributed by atoms with Crippen LogP contribution in [0.15, 0.2) is 58.3 Å². The summed E-state index contributed by atoms with van der Waals surface area (Å²) in [5.41, 5.74) is 0.702. The van der Waals surface area contributed by atoms with Crippen molar-refractivity contribution in [2.75, 3.05) is 0 Å². The predicted molar refractivity (Wildman–Crippen MR) is 83.6 cm³/mol. The van der Waals surface area contributed by atoms with Crippen LogP contribution in [0.2, 0.25) is 0 Å². The highest BCUT2D eigenvalue weighted by Crippen LogP contribution is 2.31. The maximum Gasteiger partial charge on any atom is 0.128 e. The number of hydrogen-bond acceptors (Lipinski definition) is 2. The first-order valence-corrected chi connectivity index (χ1v) is 7.53. The molecule has 0 amide bonds. The first-order valence-electron chi connectivity index (χ1n) is 6.71. The topological polar surface area (TPSA) is 12.0 Å². The van der Waals surface area contributed by atoms with Crippen molar-refractivity contribution >= 4 is 11.8 Å². The predicted octanol–water partition coefficient (Wildman–Crippen LogP) is 4.87. The molecule has 2 aromatic rings. The summed E-state index contributed by atoms with van der Waals surface area (Å²) < 4.78 is 14.1. The third-order valence-corrected chi connectivity index (χ3v) is 3.95. The second kappa shape index (κ2) is 6.42. The van der Waals surface area contributed by atoms with Crippen molar-refractivity contribution in [3.05, 3.63) is 59.9 Å². The molecule has 1 N–H and O–H groups in total. The van der Waals surface area contributed by atoms with Crippen LogP contribution in [0.25, 0.3) is 0 Å². The van der Waals surface area contributed by atoms with Gasteiger partial charge in [-0.15, -0.1) is 0 Å². The van der Waals surface area contributed by atoms with E-state index in [0.717, 1.165) is 15.4 Å². The molecule has 0 aliphatic carbocycles. The summed E-state index contributed by atoms with van der Waals surface area (Å²) in [4.78, 5) is 2.09. The molecule has 2 aromatic carbocycles. The molecule has 0 heterocycles. The minimum atomic E-state index is -0.150. The van der Waals surface area contributed by atoms with Crippen molar-refractivity contribution in [3.63, 3.8) is 0 Å². The standard InChI is InChI=1S/C17H20FNS/c1-17(2,3)19-12-14-15(18)10-7-11-16(14)20-13-8-5-4-6-9-13/h4-11,19H,12H2,1-3H3. The molecule has 106 valence electrons. The maximum absolute atomic E-state index is 14.1. The monoisotopic (exact) mass is 289 g/mol. The SMILES string of the molecule is CC(C)(C)NCc1c(F)cccc1Sc1ccccc1. The first kappa shape index (κ1) is 15.1. The van der Waals surface area contributed by atoms with Crippen LogP contribution in [0.4, 0.5) is 4.39 Å². The zero-order chi connectivity index (χ0) is 14.6. The van der Waals surface area contributed by atoms with Gasteiger partial charge in [0.25, 0.3) is 0 Å². The van der Waals surface area contributed by atoms with Gasteiger partial charge in [0, 0.05) is 27.4 Å². The lowest BCUT2D eigenvalue weighted by Gasteiger charge is -2.21. The number of benzene rings is 2. The minimum absolute atomic E-state index is 0.0308. The van der Waals surface area contributed by atoms with Gasteiger partial charge in [-0.3, -0.25) is 0 Å². The van der Waals surface area contributed by atoms with Gasteiger partial charge in [-0.05, 0) is 45.0 Å². The van der Waals surface area contributed by atoms with Gasteiger partial charge in [-0.1, -0.05) is 36.0 Å². The van der Waals surface area contributed by atoms with E-state index in [2.05, 4.69) is 26.1 Å². The van der Waals surface area contributed by atoms with Crippen LogP contribution in [0, 0.1) is 5.82 Å². The zero-order valence-electron chi connectivity index (χ0n) is 12.1. The highest BCUT2D eigenvalue weighted by Gasteiger charge is 2.14. The molecular weight excluding hydrogens is 269 g/mol. The van der Waals surface area contributed by atoms with Crippen molar-refractivity contribution in [3.8, 4) is 0 Å². The molecule has 1 nitrogen and oxygen atoms in total. The molecule has 2 rings (SSSR count). The quantitative estimate of drug-likeness (QED) is 0.862. The molecule has 0 saturated heterocycles. The van der Waals surface area contributed by atoms with Gasteiger partial charge in [-0.25, -0.2) is 4.39 Å². The van der Waals surface area contributed by atoms with Crippen molar-refractivity contribution in [2.24, 2.45) is 0 Å². The van der Waals surface area contributed by atoms with E-state index in [1.165, 1.54) is 6.07 Å². The Morgan fingerprint density at radius 2 is 1.70 bits per heavy atom. The number of nitrogens with one attached hydrogen (secondary N) is 1. The normalized spacial score (nSPS) is 11.6. The van der Waals surface area contributed by atoms with Crippen LogP contribution >= 0.6 is 11.8 Å². The van der Waals surface area contributed by atoms with Gasteiger partial charge in [0.15, 0.2) is 0 Å². The molecule has 0 aromatic heterocycles. The molecule has 0 aliphatic rings. The molecule has 0 unspecified atom stereocenters. The largest absolute Gasteiger partial charge is 0.308 e. The van der Waals surface area contributed by atoms with Gasteiger partial charge in [-0.2, -0.15) is 0 Å². The number of rotatable bonds is 4. The number of hydrogen-bond donors (Lipinski definition) is 1. The Morgan fingerprint density at radius 3 is 2.35 bits per heavy atom. The fraction of sp³-hybridized carbons (Fsp3) is 0.294. The fourth-order valence-electron chi connectivity index (χ4n) is 1.78. The molecule has 0 saturated carbocycles. The fourth-order valence-corrected chi connectivity index (χ4v) is 2.76. The zero-order valence-corrected chi connectivity index (χ0v) is 12.9. The van der Waals surface area contributed by atoms with Crippen LogP contribution in [0.3, 0.4) is 0 Å². The van der Waals surface area contributed by atoms with Crippen LogP contribution in [-0.2, 0) is 6.54 Å². The lowest BCUT2D eigenvalue weighted by atomic mass is 10.1. The van der Waals surface area contributed by atoms with Crippen LogP contribution in [0.5, 0.6) is 0 Å². The van der Waals surface area contributed by atoms with E-state index < -0.39 is 0 Å². The third-order valence-electron chi connectivity index (χ3n) is 2.84. The summed E-state index contributed by atoms with van der Waals surface area (Å²) in [5, 5.41) is 3.35. The van der Waals surface area contributed by atoms with E-state index in [4.69, 9.17) is 0 Å². The van der Waals surface area contributed by atoms with E-state index in [-0.39, 0.29) is 11.4 Å². The first-order chi connectivity index (χ1) is 9.46. The van der Waals surface area contributed by atoms with Gasteiger partial charge < -0.3 is 5.32 Å². The van der Waals surface area contributed by atoms with Crippen LogP contribution in [-0.4, -0.2) is 5.54 Å². The summed E-state index contributed by atoms with van der Waals surface area (Å²) in [7, 11) is 0. The molecule has 0 spiro atoms. The van der Waals surface area contributed by atoms with E-state index in [0.29, 0.717) is 6.54 Å². The molecule has 20 heavy (non-hydrogen) atoms. The Kier molecular flexibility index (Phi) is 4.84. The lowest BCUT2D eigenvalue weighted by molar-refractivity contribution is 0.416. The maximum atomic E-state index is 14.1. The van der Waals surface area contributed by atoms with E-state index in [1.807, 2.05) is 36.4 Å². The molecule has 0 fully saturated rings. The van der Waals surface area contributed by atoms with Crippen molar-refractivity contribution in [1.29, 1.82) is 0 Å². The summed E-state index contributed by atoms with van der Waals surface area (Å²) in [5.74, 6) is -0.150. The summed E-state index contributed by atoms with van der Waals surface area (Å²) >= 11 is 1.60. The van der Waals surface area contributed by atoms with Gasteiger partial charge in [0.05, 0.1) is 0 Å². The molecule has 3 heteroatoms. The van der Waals surface area contributed by atoms with Gasteiger partial charge in [0.2, 0.25) is 0 Å². The average molecular weight is 289 g/mol. The molecule has 0 radical (unpaired) electrons. The van der Waals surface area contributed by atoms with Gasteiger partial charge >= 0.3 is 0 Å². The Morgan fingerprint density at radius 1 is 1.00 bits per heavy atom. The van der Waals surface area contributed by atoms with Crippen molar-refractivity contribution in [1.82, 2.24) is 5.32 Å². The highest BCUT2D eigenvalue weighted by atomic mass is 32.2. The van der Waals surface area contributed by atoms with Crippen molar-refractivity contribution in [2.45, 2.75) is 42.6 Å². The van der Waals surface area contributed by atoms with E-state index in [1.54, 1.807) is 17.8 Å². The Balaban J connectivity index is 2.22. The minimum Gasteiger partial charge on any atom is -0.308 e. The molecular formula is C17H20FNS. The second-order valence-corrected chi connectivity index (χ2v) is 6.85. The average Bonchev–Trinajstić information content (AvgIpc) is 2.38. The summed E-state index contributed by atoms with van der Waals surface area (Å²) in [6.45, 7) is 6.78. The Bertz CT molecular complexity index is 561. The van der Waals surface area contributed by atoms with Crippen LogP contribution in [0.1, 0.15) is 26.3 Å². The van der Waals surface area contributed by atoms with E-state index in [9.17, 15) is 4.39 Å². The second-order valence-electron chi connectivity index (χ2n) is 5.74. The lowest BCUT2D eigenvalue weighted by Crippen LogP contribution is -2.35. The third kappa shape index (κ3) is 4.36. The molecule has 0 atom stereocenters. The van der Waals surface area contributed by atoms with Crippen LogP contribution < -0.4 is 5.32 Å². The molecule has 0 aliphatic heterocycles. The summed E-state index contributed by atoms with van der Waals surface area (Å²) in [6.07, 6.45) is 0. The van der Waals surface area contributed by atoms with Crippen molar-refractivity contribution < 1.29 is 4.39 Å². The van der Waals surface area contributed by atoms with E-state index >= 15 is 0 Å². The number of halogens is 1. The Hall–Kier alpha value is -1.32.